The molecule has 2 amide bonds. The van der Waals surface area contributed by atoms with Gasteiger partial charge in [0.1, 0.15) is 5.01 Å². The van der Waals surface area contributed by atoms with Crippen molar-refractivity contribution in [3.8, 4) is 0 Å². The monoisotopic (exact) mass is 281 g/mol. The zero-order chi connectivity index (χ0) is 14.0. The fourth-order valence-electron chi connectivity index (χ4n) is 2.34. The highest BCUT2D eigenvalue weighted by Gasteiger charge is 2.40. The first kappa shape index (κ1) is 14.1. The smallest absolute Gasteiger partial charge is 0.247 e. The molecule has 0 bridgehead atoms. The summed E-state index contributed by atoms with van der Waals surface area (Å²) < 4.78 is 0. The van der Waals surface area contributed by atoms with Crippen LogP contribution in [0.1, 0.15) is 44.7 Å². The lowest BCUT2D eigenvalue weighted by molar-refractivity contribution is -0.140. The summed E-state index contributed by atoms with van der Waals surface area (Å²) in [5.74, 6) is -0.207. The van der Waals surface area contributed by atoms with Gasteiger partial charge in [-0.05, 0) is 20.3 Å². The molecule has 1 aromatic heterocycles. The molecular formula is C13H19N3O2S. The Morgan fingerprint density at radius 1 is 1.53 bits per heavy atom. The number of carbonyl (C=O) groups is 2. The van der Waals surface area contributed by atoms with E-state index in [1.54, 1.807) is 17.5 Å². The minimum Gasteiger partial charge on any atom is -0.296 e. The van der Waals surface area contributed by atoms with E-state index < -0.39 is 6.04 Å². The second kappa shape index (κ2) is 5.79. The van der Waals surface area contributed by atoms with Gasteiger partial charge < -0.3 is 0 Å². The van der Waals surface area contributed by atoms with Crippen LogP contribution in [0.4, 0.5) is 0 Å². The van der Waals surface area contributed by atoms with Crippen molar-refractivity contribution >= 4 is 23.2 Å². The maximum Gasteiger partial charge on any atom is 0.247 e. The Balaban J connectivity index is 2.07. The SMILES string of the molecule is CCC(NC1CC(=O)N(C(C)C)C1=O)c1nccs1. The van der Waals surface area contributed by atoms with Crippen molar-refractivity contribution in [1.29, 1.82) is 0 Å². The van der Waals surface area contributed by atoms with E-state index in [-0.39, 0.29) is 30.3 Å². The number of rotatable bonds is 5. The molecule has 2 heterocycles. The van der Waals surface area contributed by atoms with E-state index in [0.29, 0.717) is 0 Å². The van der Waals surface area contributed by atoms with Gasteiger partial charge >= 0.3 is 0 Å². The van der Waals surface area contributed by atoms with Gasteiger partial charge in [0.25, 0.3) is 0 Å². The van der Waals surface area contributed by atoms with Crippen molar-refractivity contribution in [2.75, 3.05) is 0 Å². The lowest BCUT2D eigenvalue weighted by Crippen LogP contribution is -2.42. The quantitative estimate of drug-likeness (QED) is 0.835. The highest BCUT2D eigenvalue weighted by Crippen LogP contribution is 2.23. The summed E-state index contributed by atoms with van der Waals surface area (Å²) in [6, 6.07) is -0.454. The number of hydrogen-bond donors (Lipinski definition) is 1. The Hall–Kier alpha value is -1.27. The summed E-state index contributed by atoms with van der Waals surface area (Å²) in [4.78, 5) is 29.7. The molecule has 5 nitrogen and oxygen atoms in total. The molecule has 0 aliphatic carbocycles. The van der Waals surface area contributed by atoms with Crippen LogP contribution in [-0.4, -0.2) is 33.8 Å². The van der Waals surface area contributed by atoms with Gasteiger partial charge in [-0.25, -0.2) is 4.98 Å². The predicted octanol–water partition coefficient (Wildman–Crippen LogP) is 1.72. The zero-order valence-corrected chi connectivity index (χ0v) is 12.2. The number of hydrogen-bond acceptors (Lipinski definition) is 5. The number of amides is 2. The van der Waals surface area contributed by atoms with Crippen LogP contribution < -0.4 is 5.32 Å². The molecular weight excluding hydrogens is 262 g/mol. The minimum atomic E-state index is -0.413. The molecule has 1 fully saturated rings. The normalized spacial score (nSPS) is 21.5. The molecule has 1 aromatic rings. The number of nitrogens with one attached hydrogen (secondary N) is 1. The van der Waals surface area contributed by atoms with Gasteiger partial charge in [-0.3, -0.25) is 19.8 Å². The molecule has 1 saturated heterocycles. The number of likely N-dealkylation sites (tertiary alicyclic amines) is 1. The Bertz CT molecular complexity index is 458. The molecule has 6 heteroatoms. The second-order valence-corrected chi connectivity index (χ2v) is 5.88. The summed E-state index contributed by atoms with van der Waals surface area (Å²) in [6.07, 6.45) is 2.85. The molecule has 1 aliphatic heterocycles. The van der Waals surface area contributed by atoms with Crippen molar-refractivity contribution in [2.24, 2.45) is 0 Å². The van der Waals surface area contributed by atoms with Crippen molar-refractivity contribution in [3.05, 3.63) is 16.6 Å². The van der Waals surface area contributed by atoms with Crippen LogP contribution in [0.25, 0.3) is 0 Å². The summed E-state index contributed by atoms with van der Waals surface area (Å²) in [6.45, 7) is 5.76. The van der Waals surface area contributed by atoms with Crippen LogP contribution in [0.5, 0.6) is 0 Å². The molecule has 104 valence electrons. The van der Waals surface area contributed by atoms with Gasteiger partial charge in [0.15, 0.2) is 0 Å². The topological polar surface area (TPSA) is 62.3 Å². The van der Waals surface area contributed by atoms with Gasteiger partial charge in [-0.2, -0.15) is 0 Å². The molecule has 19 heavy (non-hydrogen) atoms. The highest BCUT2D eigenvalue weighted by atomic mass is 32.1. The van der Waals surface area contributed by atoms with Crippen LogP contribution in [0, 0.1) is 0 Å². The van der Waals surface area contributed by atoms with Gasteiger partial charge in [0, 0.05) is 17.6 Å². The first-order chi connectivity index (χ1) is 9.04. The molecule has 0 aromatic carbocycles. The molecule has 1 aliphatic rings. The average molecular weight is 281 g/mol. The van der Waals surface area contributed by atoms with Crippen molar-refractivity contribution in [3.63, 3.8) is 0 Å². The predicted molar refractivity (Wildman–Crippen MR) is 73.7 cm³/mol. The van der Waals surface area contributed by atoms with Gasteiger partial charge in [0.2, 0.25) is 11.8 Å². The first-order valence-corrected chi connectivity index (χ1v) is 7.43. The summed E-state index contributed by atoms with van der Waals surface area (Å²) in [5, 5.41) is 6.15. The van der Waals surface area contributed by atoms with Gasteiger partial charge in [-0.15, -0.1) is 11.3 Å². The third kappa shape index (κ3) is 2.84. The number of nitrogens with zero attached hydrogens (tertiary/aromatic N) is 2. The third-order valence-corrected chi connectivity index (χ3v) is 4.15. The lowest BCUT2D eigenvalue weighted by atomic mass is 10.1. The van der Waals surface area contributed by atoms with E-state index in [9.17, 15) is 9.59 Å². The van der Waals surface area contributed by atoms with E-state index in [4.69, 9.17) is 0 Å². The van der Waals surface area contributed by atoms with Crippen LogP contribution >= 0.6 is 11.3 Å². The maximum absolute atomic E-state index is 12.2. The lowest BCUT2D eigenvalue weighted by Gasteiger charge is -2.21. The number of aromatic nitrogens is 1. The van der Waals surface area contributed by atoms with E-state index >= 15 is 0 Å². The van der Waals surface area contributed by atoms with E-state index in [1.165, 1.54) is 4.90 Å². The summed E-state index contributed by atoms with van der Waals surface area (Å²) in [7, 11) is 0. The second-order valence-electron chi connectivity index (χ2n) is 4.95. The molecule has 2 unspecified atom stereocenters. The van der Waals surface area contributed by atoms with Gasteiger partial charge in [-0.1, -0.05) is 6.92 Å². The Morgan fingerprint density at radius 3 is 2.74 bits per heavy atom. The number of imide groups is 1. The van der Waals surface area contributed by atoms with E-state index in [1.807, 2.05) is 26.2 Å². The molecule has 2 rings (SSSR count). The van der Waals surface area contributed by atoms with Crippen molar-refractivity contribution < 1.29 is 9.59 Å². The first-order valence-electron chi connectivity index (χ1n) is 6.56. The standard InChI is InChI=1S/C13H19N3O2S/c1-4-9(12-14-5-6-19-12)15-10-7-11(17)16(8(2)3)13(10)18/h5-6,8-10,15H,4,7H2,1-3H3. The van der Waals surface area contributed by atoms with E-state index in [2.05, 4.69) is 10.3 Å². The van der Waals surface area contributed by atoms with Crippen molar-refractivity contribution in [1.82, 2.24) is 15.2 Å². The zero-order valence-electron chi connectivity index (χ0n) is 11.4. The van der Waals surface area contributed by atoms with Crippen molar-refractivity contribution in [2.45, 2.75) is 51.7 Å². The van der Waals surface area contributed by atoms with Gasteiger partial charge in [0.05, 0.1) is 18.5 Å². The molecule has 0 saturated carbocycles. The fourth-order valence-corrected chi connectivity index (χ4v) is 3.12. The Kier molecular flexibility index (Phi) is 4.31. The highest BCUT2D eigenvalue weighted by molar-refractivity contribution is 7.09. The molecule has 1 N–H and O–H groups in total. The maximum atomic E-state index is 12.2. The summed E-state index contributed by atoms with van der Waals surface area (Å²) >= 11 is 1.56. The Morgan fingerprint density at radius 2 is 2.26 bits per heavy atom. The minimum absolute atomic E-state index is 0.0360. The summed E-state index contributed by atoms with van der Waals surface area (Å²) in [5.41, 5.74) is 0. The molecule has 0 radical (unpaired) electrons. The average Bonchev–Trinajstić information content (AvgIpc) is 2.95. The Labute approximate surface area is 117 Å². The van der Waals surface area contributed by atoms with Crippen LogP contribution in [0.15, 0.2) is 11.6 Å². The van der Waals surface area contributed by atoms with Crippen LogP contribution in [-0.2, 0) is 9.59 Å². The molecule has 0 spiro atoms. The van der Waals surface area contributed by atoms with Crippen LogP contribution in [0.2, 0.25) is 0 Å². The molecule has 2 atom stereocenters. The van der Waals surface area contributed by atoms with Crippen LogP contribution in [0.3, 0.4) is 0 Å². The third-order valence-electron chi connectivity index (χ3n) is 3.26. The van der Waals surface area contributed by atoms with E-state index in [0.717, 1.165) is 11.4 Å². The number of carbonyl (C=O) groups excluding carboxylic acids is 2. The fraction of sp³-hybridized carbons (Fsp3) is 0.615. The number of thiazole rings is 1. The largest absolute Gasteiger partial charge is 0.296 e.